The number of hydrogen-bond acceptors (Lipinski definition) is 5. The first-order valence-corrected chi connectivity index (χ1v) is 9.45. The minimum atomic E-state index is -0.299. The molecule has 3 heterocycles. The van der Waals surface area contributed by atoms with Crippen molar-refractivity contribution in [3.05, 3.63) is 65.1 Å². The highest BCUT2D eigenvalue weighted by atomic mass is 32.2. The summed E-state index contributed by atoms with van der Waals surface area (Å²) < 4.78 is 26.4. The second-order valence-electron chi connectivity index (χ2n) is 6.46. The van der Waals surface area contributed by atoms with Gasteiger partial charge >= 0.3 is 0 Å². The number of aliphatic imine (C=N–C) groups is 1. The van der Waals surface area contributed by atoms with Gasteiger partial charge in [0.15, 0.2) is 17.3 Å². The normalized spacial score (nSPS) is 17.6. The zero-order chi connectivity index (χ0) is 18.5. The van der Waals surface area contributed by atoms with Crippen LogP contribution in [0.3, 0.4) is 0 Å². The summed E-state index contributed by atoms with van der Waals surface area (Å²) in [5.74, 6) is 1.96. The maximum Gasteiger partial charge on any atom is 0.231 e. The van der Waals surface area contributed by atoms with Gasteiger partial charge in [0.05, 0.1) is 21.7 Å². The number of thioether (sulfide) groups is 1. The van der Waals surface area contributed by atoms with Crippen LogP contribution >= 0.6 is 11.8 Å². The van der Waals surface area contributed by atoms with Crippen molar-refractivity contribution in [2.24, 2.45) is 4.99 Å². The minimum Gasteiger partial charge on any atom is -0.454 e. The third-order valence-corrected chi connectivity index (χ3v) is 5.82. The van der Waals surface area contributed by atoms with Gasteiger partial charge in [-0.05, 0) is 49.7 Å². The van der Waals surface area contributed by atoms with Crippen molar-refractivity contribution < 1.29 is 13.9 Å². The first kappa shape index (κ1) is 16.4. The van der Waals surface area contributed by atoms with Gasteiger partial charge < -0.3 is 9.47 Å². The molecule has 136 valence electrons. The molecule has 0 N–H and O–H groups in total. The quantitative estimate of drug-likeness (QED) is 0.631. The lowest BCUT2D eigenvalue weighted by atomic mass is 10.0. The van der Waals surface area contributed by atoms with E-state index in [9.17, 15) is 4.39 Å². The van der Waals surface area contributed by atoms with E-state index in [0.29, 0.717) is 5.69 Å². The summed E-state index contributed by atoms with van der Waals surface area (Å²) >= 11 is 1.68. The second-order valence-corrected chi connectivity index (χ2v) is 7.75. The molecule has 5 rings (SSSR count). The summed E-state index contributed by atoms with van der Waals surface area (Å²) in [7, 11) is 0. The Kier molecular flexibility index (Phi) is 3.72. The fraction of sp³-hybridized carbons (Fsp3) is 0.200. The van der Waals surface area contributed by atoms with Gasteiger partial charge in [-0.1, -0.05) is 23.9 Å². The van der Waals surface area contributed by atoms with Crippen molar-refractivity contribution >= 4 is 22.6 Å². The molecule has 0 aliphatic carbocycles. The summed E-state index contributed by atoms with van der Waals surface area (Å²) in [5.41, 5.74) is 3.67. The zero-order valence-corrected chi connectivity index (χ0v) is 15.6. The maximum atomic E-state index is 13.7. The largest absolute Gasteiger partial charge is 0.454 e. The van der Waals surface area contributed by atoms with E-state index in [1.165, 1.54) is 12.1 Å². The van der Waals surface area contributed by atoms with E-state index < -0.39 is 0 Å². The van der Waals surface area contributed by atoms with Crippen LogP contribution in [0.4, 0.5) is 10.2 Å². The Balaban J connectivity index is 1.66. The molecule has 0 radical (unpaired) electrons. The number of nitrogens with zero attached hydrogens (tertiary/aromatic N) is 3. The standard InChI is InChI=1S/C20H16FN3O2S/c1-11-18-19(13-6-7-16-17(8-13)26-10-25-16)27-12(2)22-20(18)24(23-11)15-5-3-4-14(21)9-15/h3-9,19H,10H2,1-2H3/t19-/m1/s1. The lowest BCUT2D eigenvalue weighted by Crippen LogP contribution is -2.06. The second kappa shape index (κ2) is 6.13. The van der Waals surface area contributed by atoms with Crippen molar-refractivity contribution in [3.8, 4) is 17.2 Å². The summed E-state index contributed by atoms with van der Waals surface area (Å²) in [6.45, 7) is 4.19. The first-order chi connectivity index (χ1) is 13.1. The molecule has 2 aliphatic rings. The Hall–Kier alpha value is -2.80. The fourth-order valence-electron chi connectivity index (χ4n) is 3.45. The summed E-state index contributed by atoms with van der Waals surface area (Å²) in [6.07, 6.45) is 0. The highest BCUT2D eigenvalue weighted by Gasteiger charge is 2.31. The van der Waals surface area contributed by atoms with Crippen LogP contribution < -0.4 is 9.47 Å². The molecule has 27 heavy (non-hydrogen) atoms. The van der Waals surface area contributed by atoms with E-state index in [2.05, 4.69) is 5.10 Å². The molecule has 0 fully saturated rings. The van der Waals surface area contributed by atoms with Crippen molar-refractivity contribution in [1.29, 1.82) is 0 Å². The number of ether oxygens (including phenoxy) is 2. The van der Waals surface area contributed by atoms with Gasteiger partial charge in [0, 0.05) is 5.56 Å². The molecular formula is C20H16FN3O2S. The summed E-state index contributed by atoms with van der Waals surface area (Å²) in [5, 5.41) is 5.63. The topological polar surface area (TPSA) is 48.6 Å². The Labute approximate surface area is 159 Å². The van der Waals surface area contributed by atoms with E-state index in [1.54, 1.807) is 22.5 Å². The van der Waals surface area contributed by atoms with Crippen LogP contribution in [0.25, 0.3) is 5.69 Å². The molecule has 5 nitrogen and oxygen atoms in total. The maximum absolute atomic E-state index is 13.7. The molecule has 1 aromatic heterocycles. The minimum absolute atomic E-state index is 0.0364. The van der Waals surface area contributed by atoms with Gasteiger partial charge in [0.25, 0.3) is 0 Å². The van der Waals surface area contributed by atoms with Gasteiger partial charge in [0.1, 0.15) is 5.82 Å². The lowest BCUT2D eigenvalue weighted by molar-refractivity contribution is 0.174. The van der Waals surface area contributed by atoms with Crippen LogP contribution in [0.2, 0.25) is 0 Å². The van der Waals surface area contributed by atoms with Gasteiger partial charge in [-0.15, -0.1) is 0 Å². The van der Waals surface area contributed by atoms with Crippen LogP contribution in [0.1, 0.15) is 29.0 Å². The fourth-order valence-corrected chi connectivity index (χ4v) is 4.60. The predicted molar refractivity (Wildman–Crippen MR) is 103 cm³/mol. The van der Waals surface area contributed by atoms with Crippen LogP contribution in [-0.2, 0) is 0 Å². The zero-order valence-electron chi connectivity index (χ0n) is 14.8. The Morgan fingerprint density at radius 2 is 1.96 bits per heavy atom. The van der Waals surface area contributed by atoms with E-state index in [1.807, 2.05) is 38.1 Å². The van der Waals surface area contributed by atoms with Gasteiger partial charge in [-0.3, -0.25) is 0 Å². The monoisotopic (exact) mass is 381 g/mol. The van der Waals surface area contributed by atoms with Crippen LogP contribution in [0.5, 0.6) is 11.5 Å². The van der Waals surface area contributed by atoms with Crippen LogP contribution in [0, 0.1) is 12.7 Å². The third kappa shape index (κ3) is 2.70. The van der Waals surface area contributed by atoms with E-state index in [-0.39, 0.29) is 17.9 Å². The lowest BCUT2D eigenvalue weighted by Gasteiger charge is -2.22. The highest BCUT2D eigenvalue weighted by molar-refractivity contribution is 8.14. The molecule has 0 bridgehead atoms. The Bertz CT molecular complexity index is 1090. The van der Waals surface area contributed by atoms with Crippen molar-refractivity contribution in [3.63, 3.8) is 0 Å². The molecule has 0 amide bonds. The number of fused-ring (bicyclic) bond motifs is 2. The van der Waals surface area contributed by atoms with E-state index >= 15 is 0 Å². The Morgan fingerprint density at radius 3 is 2.81 bits per heavy atom. The number of benzene rings is 2. The molecule has 0 spiro atoms. The number of halogens is 1. The first-order valence-electron chi connectivity index (χ1n) is 8.57. The Morgan fingerprint density at radius 1 is 1.11 bits per heavy atom. The summed E-state index contributed by atoms with van der Waals surface area (Å²) in [6, 6.07) is 12.4. The molecule has 2 aliphatic heterocycles. The smallest absolute Gasteiger partial charge is 0.231 e. The van der Waals surface area contributed by atoms with Gasteiger partial charge in [-0.2, -0.15) is 5.10 Å². The van der Waals surface area contributed by atoms with Crippen molar-refractivity contribution in [1.82, 2.24) is 9.78 Å². The SMILES string of the molecule is CC1=Nc2c(c(C)nn2-c2cccc(F)c2)[C@@H](c2ccc3c(c2)OCO3)S1. The number of aromatic nitrogens is 2. The predicted octanol–water partition coefficient (Wildman–Crippen LogP) is 4.93. The van der Waals surface area contributed by atoms with Crippen LogP contribution in [-0.4, -0.2) is 21.6 Å². The third-order valence-electron chi connectivity index (χ3n) is 4.65. The molecular weight excluding hydrogens is 365 g/mol. The summed E-state index contributed by atoms with van der Waals surface area (Å²) in [4.78, 5) is 4.72. The number of hydrogen-bond donors (Lipinski definition) is 0. The van der Waals surface area contributed by atoms with E-state index in [4.69, 9.17) is 14.5 Å². The van der Waals surface area contributed by atoms with Crippen molar-refractivity contribution in [2.75, 3.05) is 6.79 Å². The van der Waals surface area contributed by atoms with Gasteiger partial charge in [0.2, 0.25) is 6.79 Å². The van der Waals surface area contributed by atoms with E-state index in [0.717, 1.165) is 39.2 Å². The molecule has 7 heteroatoms. The van der Waals surface area contributed by atoms with Crippen molar-refractivity contribution in [2.45, 2.75) is 19.1 Å². The molecule has 0 unspecified atom stereocenters. The van der Waals surface area contributed by atoms with Gasteiger partial charge in [-0.25, -0.2) is 14.1 Å². The number of aryl methyl sites for hydroxylation is 1. The molecule has 3 aromatic rings. The average molecular weight is 381 g/mol. The molecule has 0 saturated carbocycles. The molecule has 0 saturated heterocycles. The molecule has 1 atom stereocenters. The van der Waals surface area contributed by atoms with Crippen LogP contribution in [0.15, 0.2) is 47.5 Å². The number of rotatable bonds is 2. The highest BCUT2D eigenvalue weighted by Crippen LogP contribution is 2.49. The average Bonchev–Trinajstić information content (AvgIpc) is 3.25. The molecule has 2 aromatic carbocycles.